The van der Waals surface area contributed by atoms with Crippen LogP contribution in [0.2, 0.25) is 0 Å². The van der Waals surface area contributed by atoms with E-state index in [-0.39, 0.29) is 0 Å². The van der Waals surface area contributed by atoms with Gasteiger partial charge in [0.1, 0.15) is 5.75 Å². The monoisotopic (exact) mass is 208 g/mol. The fourth-order valence-electron chi connectivity index (χ4n) is 1.61. The Morgan fingerprint density at radius 2 is 2.07 bits per heavy atom. The van der Waals surface area contributed by atoms with Gasteiger partial charge in [-0.25, -0.2) is 0 Å². The number of rotatable bonds is 5. The van der Waals surface area contributed by atoms with Gasteiger partial charge in [-0.2, -0.15) is 0 Å². The minimum absolute atomic E-state index is 0.403. The maximum Gasteiger partial charge on any atom is 0.119 e. The summed E-state index contributed by atoms with van der Waals surface area (Å²) in [5.74, 6) is 0.901. The molecule has 2 nitrogen and oxygen atoms in total. The van der Waals surface area contributed by atoms with Crippen LogP contribution in [0.1, 0.15) is 44.4 Å². The fourth-order valence-corrected chi connectivity index (χ4v) is 1.61. The average molecular weight is 208 g/mol. The fraction of sp³-hybridized carbons (Fsp3) is 0.538. The van der Waals surface area contributed by atoms with Gasteiger partial charge in [-0.3, -0.25) is 0 Å². The van der Waals surface area contributed by atoms with Gasteiger partial charge in [-0.1, -0.05) is 19.9 Å². The molecule has 1 unspecified atom stereocenters. The molecule has 1 atom stereocenters. The van der Waals surface area contributed by atoms with Crippen LogP contribution < -0.4 is 4.74 Å². The number of aryl methyl sites for hydroxylation is 1. The van der Waals surface area contributed by atoms with Gasteiger partial charge in [0.15, 0.2) is 0 Å². The summed E-state index contributed by atoms with van der Waals surface area (Å²) in [6.45, 7) is 6.72. The van der Waals surface area contributed by atoms with Gasteiger partial charge in [0.2, 0.25) is 0 Å². The number of ether oxygens (including phenoxy) is 1. The van der Waals surface area contributed by atoms with E-state index in [9.17, 15) is 5.11 Å². The highest BCUT2D eigenvalue weighted by molar-refractivity contribution is 5.36. The molecule has 0 saturated heterocycles. The lowest BCUT2D eigenvalue weighted by molar-refractivity contribution is 0.198. The van der Waals surface area contributed by atoms with Crippen molar-refractivity contribution in [2.75, 3.05) is 6.61 Å². The lowest BCUT2D eigenvalue weighted by atomic mass is 10.0. The zero-order chi connectivity index (χ0) is 11.3. The van der Waals surface area contributed by atoms with E-state index in [1.54, 1.807) is 6.92 Å². The maximum atomic E-state index is 9.56. The van der Waals surface area contributed by atoms with Crippen molar-refractivity contribution in [3.63, 3.8) is 0 Å². The molecule has 0 aromatic heterocycles. The second kappa shape index (κ2) is 5.76. The molecule has 0 amide bonds. The number of hydrogen-bond acceptors (Lipinski definition) is 2. The molecule has 84 valence electrons. The van der Waals surface area contributed by atoms with Crippen LogP contribution in [0.3, 0.4) is 0 Å². The average Bonchev–Trinajstić information content (AvgIpc) is 2.25. The Labute approximate surface area is 91.9 Å². The van der Waals surface area contributed by atoms with Crippen LogP contribution in [0, 0.1) is 0 Å². The summed E-state index contributed by atoms with van der Waals surface area (Å²) < 4.78 is 5.55. The van der Waals surface area contributed by atoms with E-state index in [0.717, 1.165) is 30.8 Å². The van der Waals surface area contributed by atoms with Crippen molar-refractivity contribution in [1.82, 2.24) is 0 Å². The Hall–Kier alpha value is -1.02. The number of hydrogen-bond donors (Lipinski definition) is 1. The molecular weight excluding hydrogens is 188 g/mol. The Kier molecular flexibility index (Phi) is 4.63. The minimum Gasteiger partial charge on any atom is -0.494 e. The topological polar surface area (TPSA) is 29.5 Å². The molecule has 0 saturated carbocycles. The van der Waals surface area contributed by atoms with E-state index in [0.29, 0.717) is 0 Å². The standard InChI is InChI=1S/C13H20O2/c1-4-8-15-12-6-7-13(10(3)14)11(5-2)9-12/h6-7,9-10,14H,4-5,8H2,1-3H3. The smallest absolute Gasteiger partial charge is 0.119 e. The van der Waals surface area contributed by atoms with Crippen molar-refractivity contribution in [3.05, 3.63) is 29.3 Å². The Morgan fingerprint density at radius 3 is 2.60 bits per heavy atom. The predicted octanol–water partition coefficient (Wildman–Crippen LogP) is 3.09. The lowest BCUT2D eigenvalue weighted by Gasteiger charge is -2.13. The zero-order valence-corrected chi connectivity index (χ0v) is 9.79. The van der Waals surface area contributed by atoms with Gasteiger partial charge in [-0.05, 0) is 43.0 Å². The highest BCUT2D eigenvalue weighted by Crippen LogP contribution is 2.23. The summed E-state index contributed by atoms with van der Waals surface area (Å²) in [6, 6.07) is 5.91. The molecule has 0 aliphatic carbocycles. The van der Waals surface area contributed by atoms with Gasteiger partial charge >= 0.3 is 0 Å². The van der Waals surface area contributed by atoms with Crippen LogP contribution in [0.15, 0.2) is 18.2 Å². The molecule has 1 aromatic carbocycles. The SMILES string of the molecule is CCCOc1ccc(C(C)O)c(CC)c1. The maximum absolute atomic E-state index is 9.56. The third kappa shape index (κ3) is 3.24. The Balaban J connectivity index is 2.87. The van der Waals surface area contributed by atoms with Gasteiger partial charge < -0.3 is 9.84 Å². The summed E-state index contributed by atoms with van der Waals surface area (Å²) in [4.78, 5) is 0. The molecule has 0 aliphatic rings. The molecule has 0 aliphatic heterocycles. The molecule has 0 bridgehead atoms. The second-order valence-electron chi connectivity index (χ2n) is 3.74. The molecule has 0 heterocycles. The summed E-state index contributed by atoms with van der Waals surface area (Å²) in [7, 11) is 0. The summed E-state index contributed by atoms with van der Waals surface area (Å²) in [5, 5.41) is 9.56. The number of benzene rings is 1. The third-order valence-corrected chi connectivity index (χ3v) is 2.42. The molecule has 15 heavy (non-hydrogen) atoms. The van der Waals surface area contributed by atoms with Crippen LogP contribution in [-0.2, 0) is 6.42 Å². The highest BCUT2D eigenvalue weighted by Gasteiger charge is 2.07. The van der Waals surface area contributed by atoms with Gasteiger partial charge in [0.25, 0.3) is 0 Å². The molecule has 1 N–H and O–H groups in total. The number of aliphatic hydroxyl groups excluding tert-OH is 1. The van der Waals surface area contributed by atoms with Crippen LogP contribution in [-0.4, -0.2) is 11.7 Å². The first-order chi connectivity index (χ1) is 7.19. The van der Waals surface area contributed by atoms with Crippen LogP contribution in [0.25, 0.3) is 0 Å². The van der Waals surface area contributed by atoms with Crippen LogP contribution >= 0.6 is 0 Å². The molecular formula is C13H20O2. The number of aliphatic hydroxyl groups is 1. The van der Waals surface area contributed by atoms with Gasteiger partial charge in [0.05, 0.1) is 12.7 Å². The van der Waals surface area contributed by atoms with E-state index in [4.69, 9.17) is 4.74 Å². The third-order valence-electron chi connectivity index (χ3n) is 2.42. The van der Waals surface area contributed by atoms with E-state index in [1.165, 1.54) is 5.56 Å². The van der Waals surface area contributed by atoms with Crippen LogP contribution in [0.5, 0.6) is 5.75 Å². The Bertz CT molecular complexity index is 305. The minimum atomic E-state index is -0.403. The van der Waals surface area contributed by atoms with E-state index >= 15 is 0 Å². The van der Waals surface area contributed by atoms with Crippen molar-refractivity contribution in [3.8, 4) is 5.75 Å². The van der Waals surface area contributed by atoms with Gasteiger partial charge in [0, 0.05) is 0 Å². The molecule has 0 fully saturated rings. The van der Waals surface area contributed by atoms with Crippen molar-refractivity contribution in [2.45, 2.75) is 39.7 Å². The second-order valence-corrected chi connectivity index (χ2v) is 3.74. The molecule has 0 spiro atoms. The van der Waals surface area contributed by atoms with Crippen LogP contribution in [0.4, 0.5) is 0 Å². The molecule has 0 radical (unpaired) electrons. The van der Waals surface area contributed by atoms with Crippen molar-refractivity contribution < 1.29 is 9.84 Å². The first kappa shape index (κ1) is 12.1. The largest absolute Gasteiger partial charge is 0.494 e. The summed E-state index contributed by atoms with van der Waals surface area (Å²) in [6.07, 6.45) is 1.53. The predicted molar refractivity (Wildman–Crippen MR) is 62.2 cm³/mol. The summed E-state index contributed by atoms with van der Waals surface area (Å²) in [5.41, 5.74) is 2.17. The normalized spacial score (nSPS) is 12.5. The van der Waals surface area contributed by atoms with Crippen molar-refractivity contribution in [1.29, 1.82) is 0 Å². The molecule has 1 rings (SSSR count). The summed E-state index contributed by atoms with van der Waals surface area (Å²) >= 11 is 0. The first-order valence-corrected chi connectivity index (χ1v) is 5.62. The van der Waals surface area contributed by atoms with Crippen molar-refractivity contribution in [2.24, 2.45) is 0 Å². The molecule has 1 aromatic rings. The highest BCUT2D eigenvalue weighted by atomic mass is 16.5. The Morgan fingerprint density at radius 1 is 1.33 bits per heavy atom. The lowest BCUT2D eigenvalue weighted by Crippen LogP contribution is -2.00. The quantitative estimate of drug-likeness (QED) is 0.805. The van der Waals surface area contributed by atoms with Crippen molar-refractivity contribution >= 4 is 0 Å². The van der Waals surface area contributed by atoms with Gasteiger partial charge in [-0.15, -0.1) is 0 Å². The van der Waals surface area contributed by atoms with E-state index < -0.39 is 6.10 Å². The first-order valence-electron chi connectivity index (χ1n) is 5.62. The van der Waals surface area contributed by atoms with E-state index in [1.807, 2.05) is 18.2 Å². The zero-order valence-electron chi connectivity index (χ0n) is 9.79. The van der Waals surface area contributed by atoms with E-state index in [2.05, 4.69) is 13.8 Å². The molecule has 2 heteroatoms.